The average molecular weight is 347 g/mol. The van der Waals surface area contributed by atoms with E-state index in [1.165, 1.54) is 11.8 Å². The summed E-state index contributed by atoms with van der Waals surface area (Å²) in [7, 11) is 0. The van der Waals surface area contributed by atoms with Crippen molar-refractivity contribution in [3.63, 3.8) is 0 Å². The fourth-order valence-corrected chi connectivity index (χ4v) is 3.05. The van der Waals surface area contributed by atoms with Crippen LogP contribution in [0.4, 0.5) is 4.79 Å². The summed E-state index contributed by atoms with van der Waals surface area (Å²) in [4.78, 5) is 25.9. The monoisotopic (exact) mass is 347 g/mol. The Morgan fingerprint density at radius 1 is 1.00 bits per heavy atom. The summed E-state index contributed by atoms with van der Waals surface area (Å²) in [6, 6.07) is 18.9. The van der Waals surface area contributed by atoms with Gasteiger partial charge in [-0.3, -0.25) is 9.69 Å². The highest BCUT2D eigenvalue weighted by Crippen LogP contribution is 2.34. The molecular formula is C22H21NO3. The molecule has 0 bridgehead atoms. The maximum atomic E-state index is 12.4. The fourth-order valence-electron chi connectivity index (χ4n) is 3.05. The molecule has 4 nitrogen and oxygen atoms in total. The van der Waals surface area contributed by atoms with Gasteiger partial charge in [-0.25, -0.2) is 4.79 Å². The van der Waals surface area contributed by atoms with Gasteiger partial charge in [0, 0.05) is 23.9 Å². The molecule has 0 spiro atoms. The topological polar surface area (TPSA) is 46.6 Å². The molecule has 2 atom stereocenters. The van der Waals surface area contributed by atoms with Gasteiger partial charge in [-0.05, 0) is 30.5 Å². The van der Waals surface area contributed by atoms with Gasteiger partial charge in [-0.15, -0.1) is 0 Å². The Balaban J connectivity index is 1.80. The second kappa shape index (κ2) is 7.83. The van der Waals surface area contributed by atoms with Gasteiger partial charge < -0.3 is 4.74 Å². The van der Waals surface area contributed by atoms with Crippen LogP contribution in [0.15, 0.2) is 84.7 Å². The van der Waals surface area contributed by atoms with E-state index in [1.54, 1.807) is 36.7 Å². The van der Waals surface area contributed by atoms with E-state index in [4.69, 9.17) is 4.74 Å². The van der Waals surface area contributed by atoms with Gasteiger partial charge in [-0.1, -0.05) is 61.5 Å². The van der Waals surface area contributed by atoms with Crippen molar-refractivity contribution in [1.82, 2.24) is 4.90 Å². The number of benzene rings is 2. The van der Waals surface area contributed by atoms with Crippen LogP contribution in [0.25, 0.3) is 0 Å². The van der Waals surface area contributed by atoms with Crippen LogP contribution in [0, 0.1) is 5.92 Å². The van der Waals surface area contributed by atoms with Crippen LogP contribution >= 0.6 is 0 Å². The van der Waals surface area contributed by atoms with Crippen LogP contribution in [0.2, 0.25) is 0 Å². The third-order valence-electron chi connectivity index (χ3n) is 4.52. The Kier molecular flexibility index (Phi) is 5.32. The Hall–Kier alpha value is -3.14. The predicted octanol–water partition coefficient (Wildman–Crippen LogP) is 4.91. The molecule has 0 fully saturated rings. The van der Waals surface area contributed by atoms with Crippen molar-refractivity contribution in [2.24, 2.45) is 5.92 Å². The lowest BCUT2D eigenvalue weighted by Crippen LogP contribution is -2.30. The minimum atomic E-state index is -0.544. The van der Waals surface area contributed by atoms with Gasteiger partial charge in [0.05, 0.1) is 0 Å². The molecule has 4 heteroatoms. The van der Waals surface area contributed by atoms with Gasteiger partial charge in [0.1, 0.15) is 5.75 Å². The van der Waals surface area contributed by atoms with Crippen molar-refractivity contribution in [1.29, 1.82) is 0 Å². The number of allylic oxidation sites excluding steroid dienone is 2. The molecule has 2 aromatic carbocycles. The smallest absolute Gasteiger partial charge is 0.410 e. The predicted molar refractivity (Wildman–Crippen MR) is 101 cm³/mol. The normalized spacial score (nSPS) is 17.4. The molecule has 0 radical (unpaired) electrons. The maximum Gasteiger partial charge on any atom is 0.423 e. The van der Waals surface area contributed by atoms with E-state index < -0.39 is 6.09 Å². The number of hydrogen-bond donors (Lipinski definition) is 0. The molecule has 26 heavy (non-hydrogen) atoms. The Bertz CT molecular complexity index is 840. The third kappa shape index (κ3) is 3.91. The third-order valence-corrected chi connectivity index (χ3v) is 4.52. The molecule has 0 aromatic heterocycles. The van der Waals surface area contributed by atoms with Crippen LogP contribution in [0.5, 0.6) is 5.75 Å². The van der Waals surface area contributed by atoms with E-state index in [0.29, 0.717) is 11.3 Å². The van der Waals surface area contributed by atoms with E-state index in [9.17, 15) is 9.59 Å². The highest BCUT2D eigenvalue weighted by Gasteiger charge is 2.28. The van der Waals surface area contributed by atoms with E-state index in [1.807, 2.05) is 42.5 Å². The van der Waals surface area contributed by atoms with Gasteiger partial charge >= 0.3 is 6.09 Å². The number of hydrogen-bond acceptors (Lipinski definition) is 3. The average Bonchev–Trinajstić information content (AvgIpc) is 2.68. The van der Waals surface area contributed by atoms with E-state index in [0.717, 1.165) is 5.56 Å². The second-order valence-electron chi connectivity index (χ2n) is 6.30. The summed E-state index contributed by atoms with van der Waals surface area (Å²) < 4.78 is 5.34. The molecule has 2 unspecified atom stereocenters. The van der Waals surface area contributed by atoms with Crippen molar-refractivity contribution in [2.75, 3.05) is 0 Å². The Morgan fingerprint density at radius 3 is 2.23 bits per heavy atom. The zero-order valence-corrected chi connectivity index (χ0v) is 14.8. The zero-order chi connectivity index (χ0) is 18.5. The molecule has 1 heterocycles. The van der Waals surface area contributed by atoms with Crippen LogP contribution < -0.4 is 4.74 Å². The summed E-state index contributed by atoms with van der Waals surface area (Å²) in [5, 5.41) is 0. The molecule has 1 aliphatic heterocycles. The highest BCUT2D eigenvalue weighted by atomic mass is 16.6. The first-order chi connectivity index (χ1) is 12.6. The van der Waals surface area contributed by atoms with E-state index >= 15 is 0 Å². The van der Waals surface area contributed by atoms with Crippen LogP contribution in [-0.4, -0.2) is 16.8 Å². The molecule has 3 rings (SSSR count). The summed E-state index contributed by atoms with van der Waals surface area (Å²) in [6.07, 6.45) is 4.59. The largest absolute Gasteiger partial charge is 0.423 e. The number of rotatable bonds is 4. The number of ketones is 1. The number of ether oxygens (including phenoxy) is 1. The number of carbonyl (C=O) groups excluding carboxylic acids is 2. The van der Waals surface area contributed by atoms with Crippen molar-refractivity contribution in [3.8, 4) is 5.75 Å². The summed E-state index contributed by atoms with van der Waals surface area (Å²) >= 11 is 0. The number of nitrogens with zero attached hydrogens (tertiary/aromatic N) is 1. The van der Waals surface area contributed by atoms with Crippen molar-refractivity contribution in [2.45, 2.75) is 19.8 Å². The lowest BCUT2D eigenvalue weighted by molar-refractivity contribution is -0.114. The van der Waals surface area contributed by atoms with Crippen molar-refractivity contribution < 1.29 is 14.3 Å². The Labute approximate surface area is 153 Å². The second-order valence-corrected chi connectivity index (χ2v) is 6.30. The number of amides is 1. The van der Waals surface area contributed by atoms with Gasteiger partial charge in [0.2, 0.25) is 0 Å². The van der Waals surface area contributed by atoms with Gasteiger partial charge in [0.15, 0.2) is 5.78 Å². The standard InChI is InChI=1S/C22H21NO3/c1-16(18-9-5-3-6-10-18)20-13-14-23(15-21(20)17(2)24)22(25)26-19-11-7-4-8-12-19/h3-16,20H,1-2H3. The maximum absolute atomic E-state index is 12.4. The lowest BCUT2D eigenvalue weighted by Gasteiger charge is -2.28. The number of carbonyl (C=O) groups is 2. The quantitative estimate of drug-likeness (QED) is 0.790. The van der Waals surface area contributed by atoms with Crippen molar-refractivity contribution >= 4 is 11.9 Å². The Morgan fingerprint density at radius 2 is 1.62 bits per heavy atom. The highest BCUT2D eigenvalue weighted by molar-refractivity contribution is 5.95. The molecule has 1 amide bonds. The summed E-state index contributed by atoms with van der Waals surface area (Å²) in [6.45, 7) is 3.61. The molecule has 2 aromatic rings. The SMILES string of the molecule is CC(=O)C1=CN(C(=O)Oc2ccccc2)C=CC1C(C)c1ccccc1. The first-order valence-corrected chi connectivity index (χ1v) is 8.57. The van der Waals surface area contributed by atoms with Crippen LogP contribution in [0.1, 0.15) is 25.3 Å². The first-order valence-electron chi connectivity index (χ1n) is 8.57. The fraction of sp³-hybridized carbons (Fsp3) is 0.182. The lowest BCUT2D eigenvalue weighted by atomic mass is 9.80. The summed E-state index contributed by atoms with van der Waals surface area (Å²) in [5.74, 6) is 0.439. The first kappa shape index (κ1) is 17.7. The van der Waals surface area contributed by atoms with Crippen LogP contribution in [0.3, 0.4) is 0 Å². The molecular weight excluding hydrogens is 326 g/mol. The molecule has 0 aliphatic carbocycles. The van der Waals surface area contributed by atoms with Crippen LogP contribution in [-0.2, 0) is 4.79 Å². The van der Waals surface area contributed by atoms with Crippen molar-refractivity contribution in [3.05, 3.63) is 90.3 Å². The van der Waals surface area contributed by atoms with Gasteiger partial charge in [-0.2, -0.15) is 0 Å². The number of Topliss-reactive ketones (excluding diaryl/α,β-unsaturated/α-hetero) is 1. The molecule has 1 aliphatic rings. The molecule has 0 saturated heterocycles. The van der Waals surface area contributed by atoms with E-state index in [-0.39, 0.29) is 17.6 Å². The number of para-hydroxylation sites is 1. The van der Waals surface area contributed by atoms with Gasteiger partial charge in [0.25, 0.3) is 0 Å². The minimum Gasteiger partial charge on any atom is -0.410 e. The molecule has 0 N–H and O–H groups in total. The molecule has 0 saturated carbocycles. The molecule has 132 valence electrons. The minimum absolute atomic E-state index is 0.0559. The zero-order valence-electron chi connectivity index (χ0n) is 14.8. The summed E-state index contributed by atoms with van der Waals surface area (Å²) in [5.41, 5.74) is 1.74. The van der Waals surface area contributed by atoms with E-state index in [2.05, 4.69) is 6.92 Å².